The zero-order chi connectivity index (χ0) is 10.6. The lowest BCUT2D eigenvalue weighted by atomic mass is 10.1. The van der Waals surface area contributed by atoms with Crippen molar-refractivity contribution < 1.29 is 13.6 Å². The SMILES string of the molecule is Cc1cccc(CC(F)(F)N=C=O)c1. The van der Waals surface area contributed by atoms with Crippen molar-refractivity contribution in [3.8, 4) is 0 Å². The van der Waals surface area contributed by atoms with Crippen LogP contribution in [-0.2, 0) is 11.2 Å². The van der Waals surface area contributed by atoms with Gasteiger partial charge in [0.1, 0.15) is 0 Å². The Hall–Kier alpha value is -1.54. The first-order chi connectivity index (χ1) is 6.53. The van der Waals surface area contributed by atoms with E-state index < -0.39 is 12.5 Å². The molecule has 0 amide bonds. The molecule has 1 aromatic carbocycles. The molecule has 0 atom stereocenters. The average Bonchev–Trinajstić information content (AvgIpc) is 2.02. The van der Waals surface area contributed by atoms with Gasteiger partial charge < -0.3 is 0 Å². The molecule has 0 unspecified atom stereocenters. The van der Waals surface area contributed by atoms with Crippen LogP contribution in [0.25, 0.3) is 0 Å². The highest BCUT2D eigenvalue weighted by Gasteiger charge is 2.28. The predicted octanol–water partition coefficient (Wildman–Crippen LogP) is 2.47. The summed E-state index contributed by atoms with van der Waals surface area (Å²) in [5.41, 5.74) is 1.35. The second kappa shape index (κ2) is 4.11. The van der Waals surface area contributed by atoms with Gasteiger partial charge in [-0.2, -0.15) is 8.78 Å². The smallest absolute Gasteiger partial charge is 0.211 e. The maximum absolute atomic E-state index is 12.8. The van der Waals surface area contributed by atoms with Crippen LogP contribution in [0.1, 0.15) is 11.1 Å². The first kappa shape index (κ1) is 10.5. The molecule has 0 fully saturated rings. The van der Waals surface area contributed by atoms with E-state index in [9.17, 15) is 13.6 Å². The number of isocyanates is 1. The summed E-state index contributed by atoms with van der Waals surface area (Å²) in [6.07, 6.45) is 0.302. The van der Waals surface area contributed by atoms with Crippen LogP contribution in [0, 0.1) is 6.92 Å². The molecule has 0 bridgehead atoms. The van der Waals surface area contributed by atoms with Gasteiger partial charge >= 0.3 is 6.05 Å². The minimum atomic E-state index is -3.35. The summed E-state index contributed by atoms with van der Waals surface area (Å²) in [5.74, 6) is 0. The molecule has 1 rings (SSSR count). The number of aryl methyl sites for hydroxylation is 1. The Balaban J connectivity index is 2.83. The molecular weight excluding hydrogens is 188 g/mol. The molecule has 0 heterocycles. The molecule has 0 saturated carbocycles. The van der Waals surface area contributed by atoms with E-state index in [0.29, 0.717) is 5.56 Å². The molecule has 1 aromatic rings. The van der Waals surface area contributed by atoms with Crippen LogP contribution >= 0.6 is 0 Å². The van der Waals surface area contributed by atoms with Gasteiger partial charge in [0.2, 0.25) is 6.08 Å². The molecule has 4 heteroatoms. The molecule has 0 aliphatic carbocycles. The summed E-state index contributed by atoms with van der Waals surface area (Å²) in [6.45, 7) is 1.81. The molecule has 0 aromatic heterocycles. The Morgan fingerprint density at radius 3 is 2.79 bits per heavy atom. The lowest BCUT2D eigenvalue weighted by Crippen LogP contribution is -2.15. The third-order valence-corrected chi connectivity index (χ3v) is 1.71. The van der Waals surface area contributed by atoms with Crippen LogP contribution in [0.4, 0.5) is 8.78 Å². The first-order valence-electron chi connectivity index (χ1n) is 4.06. The van der Waals surface area contributed by atoms with Crippen molar-refractivity contribution in [1.29, 1.82) is 0 Å². The standard InChI is InChI=1S/C10H9F2NO/c1-8-3-2-4-9(5-8)6-10(11,12)13-7-14/h2-5H,6H2,1H3. The molecule has 0 aliphatic rings. The average molecular weight is 197 g/mol. The lowest BCUT2D eigenvalue weighted by molar-refractivity contribution is 0.0118. The van der Waals surface area contributed by atoms with Crippen molar-refractivity contribution in [3.05, 3.63) is 35.4 Å². The van der Waals surface area contributed by atoms with Gasteiger partial charge in [0.25, 0.3) is 0 Å². The maximum Gasteiger partial charge on any atom is 0.355 e. The van der Waals surface area contributed by atoms with Crippen molar-refractivity contribution in [2.24, 2.45) is 4.99 Å². The monoisotopic (exact) mass is 197 g/mol. The molecule has 74 valence electrons. The van der Waals surface area contributed by atoms with Gasteiger partial charge in [-0.15, -0.1) is 4.99 Å². The second-order valence-corrected chi connectivity index (χ2v) is 3.03. The maximum atomic E-state index is 12.8. The van der Waals surface area contributed by atoms with Gasteiger partial charge in [-0.1, -0.05) is 29.8 Å². The number of hydrogen-bond acceptors (Lipinski definition) is 2. The predicted molar refractivity (Wildman–Crippen MR) is 48.0 cm³/mol. The third kappa shape index (κ3) is 3.07. The van der Waals surface area contributed by atoms with Crippen LogP contribution in [0.3, 0.4) is 0 Å². The van der Waals surface area contributed by atoms with E-state index in [0.717, 1.165) is 11.6 Å². The van der Waals surface area contributed by atoms with Crippen LogP contribution in [-0.4, -0.2) is 12.1 Å². The van der Waals surface area contributed by atoms with Gasteiger partial charge in [0, 0.05) is 0 Å². The Kier molecular flexibility index (Phi) is 3.10. The normalized spacial score (nSPS) is 10.8. The Morgan fingerprint density at radius 2 is 2.21 bits per heavy atom. The van der Waals surface area contributed by atoms with E-state index >= 15 is 0 Å². The highest BCUT2D eigenvalue weighted by Crippen LogP contribution is 2.21. The number of benzene rings is 1. The summed E-state index contributed by atoms with van der Waals surface area (Å²) in [4.78, 5) is 12.1. The topological polar surface area (TPSA) is 29.4 Å². The van der Waals surface area contributed by atoms with E-state index in [1.807, 2.05) is 13.0 Å². The largest absolute Gasteiger partial charge is 0.355 e. The number of alkyl halides is 2. The fourth-order valence-corrected chi connectivity index (χ4v) is 1.17. The van der Waals surface area contributed by atoms with Gasteiger partial charge in [-0.3, -0.25) is 0 Å². The van der Waals surface area contributed by atoms with Crippen LogP contribution < -0.4 is 0 Å². The van der Waals surface area contributed by atoms with Gasteiger partial charge in [0.15, 0.2) is 0 Å². The molecular formula is C10H9F2NO. The summed E-state index contributed by atoms with van der Waals surface area (Å²) in [6, 6.07) is 3.35. The fourth-order valence-electron chi connectivity index (χ4n) is 1.17. The lowest BCUT2D eigenvalue weighted by Gasteiger charge is -2.08. The number of rotatable bonds is 3. The molecule has 0 spiro atoms. The number of carbonyl (C=O) groups excluding carboxylic acids is 1. The summed E-state index contributed by atoms with van der Waals surface area (Å²) in [7, 11) is 0. The highest BCUT2D eigenvalue weighted by molar-refractivity contribution is 5.34. The fraction of sp³-hybridized carbons (Fsp3) is 0.300. The van der Waals surface area contributed by atoms with E-state index in [4.69, 9.17) is 0 Å². The van der Waals surface area contributed by atoms with Crippen molar-refractivity contribution in [2.45, 2.75) is 19.4 Å². The molecule has 0 radical (unpaired) electrons. The van der Waals surface area contributed by atoms with E-state index in [2.05, 4.69) is 4.99 Å². The zero-order valence-corrected chi connectivity index (χ0v) is 7.63. The van der Waals surface area contributed by atoms with Crippen molar-refractivity contribution >= 4 is 6.08 Å². The molecule has 0 saturated heterocycles. The summed E-state index contributed by atoms with van der Waals surface area (Å²) < 4.78 is 25.6. The number of nitrogens with zero attached hydrogens (tertiary/aromatic N) is 1. The van der Waals surface area contributed by atoms with Crippen molar-refractivity contribution in [1.82, 2.24) is 0 Å². The summed E-state index contributed by atoms with van der Waals surface area (Å²) >= 11 is 0. The molecule has 0 N–H and O–H groups in total. The van der Waals surface area contributed by atoms with Gasteiger partial charge in [-0.05, 0) is 12.5 Å². The van der Waals surface area contributed by atoms with Crippen molar-refractivity contribution in [2.75, 3.05) is 0 Å². The minimum absolute atomic E-state index is 0.453. The minimum Gasteiger partial charge on any atom is -0.211 e. The third-order valence-electron chi connectivity index (χ3n) is 1.71. The Morgan fingerprint density at radius 1 is 1.50 bits per heavy atom. The number of aliphatic imine (C=N–C) groups is 1. The number of hydrogen-bond donors (Lipinski definition) is 0. The zero-order valence-electron chi connectivity index (χ0n) is 7.63. The first-order valence-corrected chi connectivity index (χ1v) is 4.06. The van der Waals surface area contributed by atoms with E-state index in [1.165, 1.54) is 0 Å². The van der Waals surface area contributed by atoms with E-state index in [1.54, 1.807) is 18.2 Å². The highest BCUT2D eigenvalue weighted by atomic mass is 19.3. The molecule has 14 heavy (non-hydrogen) atoms. The quantitative estimate of drug-likeness (QED) is 0.415. The second-order valence-electron chi connectivity index (χ2n) is 3.03. The molecule has 2 nitrogen and oxygen atoms in total. The van der Waals surface area contributed by atoms with E-state index in [-0.39, 0.29) is 0 Å². The molecule has 0 aliphatic heterocycles. The van der Waals surface area contributed by atoms with Crippen molar-refractivity contribution in [3.63, 3.8) is 0 Å². The summed E-state index contributed by atoms with van der Waals surface area (Å²) in [5, 5.41) is 0. The van der Waals surface area contributed by atoms with Gasteiger partial charge in [-0.25, -0.2) is 4.79 Å². The Bertz CT molecular complexity index is 370. The van der Waals surface area contributed by atoms with Crippen LogP contribution in [0.15, 0.2) is 29.3 Å². The van der Waals surface area contributed by atoms with Gasteiger partial charge in [0.05, 0.1) is 6.42 Å². The van der Waals surface area contributed by atoms with Crippen LogP contribution in [0.2, 0.25) is 0 Å². The van der Waals surface area contributed by atoms with Crippen LogP contribution in [0.5, 0.6) is 0 Å². The number of halogens is 2. The Labute approximate surface area is 80.3 Å².